The van der Waals surface area contributed by atoms with E-state index in [-0.39, 0.29) is 12.0 Å². The number of nitrogens with zero attached hydrogens (tertiary/aromatic N) is 1. The van der Waals surface area contributed by atoms with E-state index in [2.05, 4.69) is 0 Å². The van der Waals surface area contributed by atoms with E-state index in [9.17, 15) is 4.79 Å². The van der Waals surface area contributed by atoms with E-state index < -0.39 is 0 Å². The van der Waals surface area contributed by atoms with E-state index in [0.717, 1.165) is 5.56 Å². The Balaban J connectivity index is 2.16. The SMILES string of the molecule is CN1OC(c2ccsc2)C1=O. The molecule has 1 aromatic heterocycles. The average molecular weight is 169 g/mol. The van der Waals surface area contributed by atoms with Crippen LogP contribution in [0.5, 0.6) is 0 Å². The monoisotopic (exact) mass is 169 g/mol. The zero-order chi connectivity index (χ0) is 7.84. The van der Waals surface area contributed by atoms with Gasteiger partial charge in [0.2, 0.25) is 0 Å². The first-order valence-electron chi connectivity index (χ1n) is 3.25. The molecule has 0 bridgehead atoms. The number of hydrogen-bond donors (Lipinski definition) is 0. The van der Waals surface area contributed by atoms with E-state index in [1.54, 1.807) is 18.4 Å². The Morgan fingerprint density at radius 2 is 2.55 bits per heavy atom. The van der Waals surface area contributed by atoms with E-state index in [1.165, 1.54) is 5.06 Å². The van der Waals surface area contributed by atoms with Crippen LogP contribution in [0.3, 0.4) is 0 Å². The lowest BCUT2D eigenvalue weighted by Crippen LogP contribution is -2.45. The highest BCUT2D eigenvalue weighted by molar-refractivity contribution is 7.08. The van der Waals surface area contributed by atoms with Crippen LogP contribution in [0.2, 0.25) is 0 Å². The normalized spacial score (nSPS) is 23.5. The van der Waals surface area contributed by atoms with Crippen LogP contribution in [0, 0.1) is 0 Å². The third-order valence-corrected chi connectivity index (χ3v) is 2.35. The molecule has 0 aromatic carbocycles. The van der Waals surface area contributed by atoms with Crippen LogP contribution >= 0.6 is 11.3 Å². The van der Waals surface area contributed by atoms with Gasteiger partial charge in [0, 0.05) is 12.6 Å². The second-order valence-corrected chi connectivity index (χ2v) is 3.16. The molecular formula is C7H7NO2S. The van der Waals surface area contributed by atoms with Crippen molar-refractivity contribution >= 4 is 17.2 Å². The van der Waals surface area contributed by atoms with Gasteiger partial charge in [0.05, 0.1) is 0 Å². The molecule has 0 radical (unpaired) electrons. The van der Waals surface area contributed by atoms with Gasteiger partial charge in [-0.25, -0.2) is 5.06 Å². The lowest BCUT2D eigenvalue weighted by molar-refractivity contribution is -0.259. The zero-order valence-corrected chi connectivity index (χ0v) is 6.80. The number of likely N-dealkylation sites (N-methyl/N-ethyl adjacent to an activating group) is 1. The van der Waals surface area contributed by atoms with Gasteiger partial charge < -0.3 is 0 Å². The molecule has 3 nitrogen and oxygen atoms in total. The van der Waals surface area contributed by atoms with Gasteiger partial charge >= 0.3 is 0 Å². The minimum Gasteiger partial charge on any atom is -0.269 e. The smallest absolute Gasteiger partial charge is 0.269 e. The number of hydrogen-bond acceptors (Lipinski definition) is 3. The molecule has 0 spiro atoms. The predicted molar refractivity (Wildman–Crippen MR) is 40.9 cm³/mol. The predicted octanol–water partition coefficient (Wildman–Crippen LogP) is 1.19. The van der Waals surface area contributed by atoms with Crippen molar-refractivity contribution in [1.29, 1.82) is 0 Å². The van der Waals surface area contributed by atoms with Crippen LogP contribution in [-0.4, -0.2) is 18.0 Å². The van der Waals surface area contributed by atoms with E-state index >= 15 is 0 Å². The maximum atomic E-state index is 11.1. The van der Waals surface area contributed by atoms with Crippen LogP contribution in [0.25, 0.3) is 0 Å². The fourth-order valence-corrected chi connectivity index (χ4v) is 1.67. The van der Waals surface area contributed by atoms with Crippen LogP contribution in [0.15, 0.2) is 16.8 Å². The Bertz CT molecular complexity index is 270. The molecule has 1 atom stereocenters. The Morgan fingerprint density at radius 1 is 1.73 bits per heavy atom. The molecule has 1 saturated heterocycles. The van der Waals surface area contributed by atoms with Gasteiger partial charge in [-0.15, -0.1) is 0 Å². The Hall–Kier alpha value is -0.870. The van der Waals surface area contributed by atoms with Crippen molar-refractivity contribution < 1.29 is 9.63 Å². The Morgan fingerprint density at radius 3 is 3.00 bits per heavy atom. The fraction of sp³-hybridized carbons (Fsp3) is 0.286. The second kappa shape index (κ2) is 2.32. The number of carbonyl (C=O) groups is 1. The molecule has 1 aromatic rings. The first kappa shape index (κ1) is 6.82. The lowest BCUT2D eigenvalue weighted by atomic mass is 10.1. The number of thiophene rings is 1. The molecule has 0 aliphatic carbocycles. The van der Waals surface area contributed by atoms with Crippen LogP contribution in [0.4, 0.5) is 0 Å². The van der Waals surface area contributed by atoms with Crippen molar-refractivity contribution in [1.82, 2.24) is 5.06 Å². The highest BCUT2D eigenvalue weighted by Gasteiger charge is 2.37. The molecule has 1 aliphatic rings. The molecule has 1 fully saturated rings. The van der Waals surface area contributed by atoms with E-state index in [4.69, 9.17) is 4.84 Å². The van der Waals surface area contributed by atoms with Crippen molar-refractivity contribution in [3.63, 3.8) is 0 Å². The van der Waals surface area contributed by atoms with Gasteiger partial charge in [-0.1, -0.05) is 0 Å². The quantitative estimate of drug-likeness (QED) is 0.632. The van der Waals surface area contributed by atoms with Crippen LogP contribution in [-0.2, 0) is 9.63 Å². The summed E-state index contributed by atoms with van der Waals surface area (Å²) < 4.78 is 0. The van der Waals surface area contributed by atoms with Gasteiger partial charge in [0.15, 0.2) is 6.10 Å². The molecule has 58 valence electrons. The molecular weight excluding hydrogens is 162 g/mol. The Labute approximate surface area is 68.1 Å². The number of rotatable bonds is 1. The average Bonchev–Trinajstić information content (AvgIpc) is 2.51. The van der Waals surface area contributed by atoms with Crippen molar-refractivity contribution in [3.8, 4) is 0 Å². The van der Waals surface area contributed by atoms with Crippen LogP contribution < -0.4 is 0 Å². The molecule has 1 unspecified atom stereocenters. The summed E-state index contributed by atoms with van der Waals surface area (Å²) in [5, 5.41) is 5.11. The summed E-state index contributed by atoms with van der Waals surface area (Å²) in [6.07, 6.45) is -0.341. The standard InChI is InChI=1S/C7H7NO2S/c1-8-7(9)6(10-8)5-2-3-11-4-5/h2-4,6H,1H3. The van der Waals surface area contributed by atoms with Crippen molar-refractivity contribution in [2.75, 3.05) is 7.05 Å². The number of amides is 1. The second-order valence-electron chi connectivity index (χ2n) is 2.38. The van der Waals surface area contributed by atoms with Gasteiger partial charge in [0.25, 0.3) is 5.91 Å². The van der Waals surface area contributed by atoms with E-state index in [1.807, 2.05) is 16.8 Å². The number of carbonyl (C=O) groups excluding carboxylic acids is 1. The Kier molecular flexibility index (Phi) is 1.44. The first-order chi connectivity index (χ1) is 5.29. The van der Waals surface area contributed by atoms with Gasteiger partial charge in [0.1, 0.15) is 0 Å². The molecule has 11 heavy (non-hydrogen) atoms. The molecule has 4 heteroatoms. The molecule has 2 heterocycles. The summed E-state index contributed by atoms with van der Waals surface area (Å²) in [4.78, 5) is 16.2. The summed E-state index contributed by atoms with van der Waals surface area (Å²) in [6.45, 7) is 0. The van der Waals surface area contributed by atoms with Gasteiger partial charge in [-0.05, 0) is 16.8 Å². The molecule has 0 N–H and O–H groups in total. The maximum Gasteiger partial charge on any atom is 0.282 e. The first-order valence-corrected chi connectivity index (χ1v) is 4.20. The number of hydroxylamine groups is 2. The molecule has 0 saturated carbocycles. The summed E-state index contributed by atoms with van der Waals surface area (Å²) in [5.74, 6) is 0.0309. The zero-order valence-electron chi connectivity index (χ0n) is 5.98. The highest BCUT2D eigenvalue weighted by atomic mass is 32.1. The summed E-state index contributed by atoms with van der Waals surface area (Å²) >= 11 is 1.57. The third-order valence-electron chi connectivity index (χ3n) is 1.64. The largest absolute Gasteiger partial charge is 0.282 e. The third kappa shape index (κ3) is 0.948. The summed E-state index contributed by atoms with van der Waals surface area (Å²) in [5.41, 5.74) is 0.957. The van der Waals surface area contributed by atoms with Gasteiger partial charge in [-0.2, -0.15) is 11.3 Å². The lowest BCUT2D eigenvalue weighted by Gasteiger charge is -2.33. The summed E-state index contributed by atoms with van der Waals surface area (Å²) in [6, 6.07) is 1.90. The molecule has 1 aliphatic heterocycles. The van der Waals surface area contributed by atoms with Gasteiger partial charge in [-0.3, -0.25) is 9.63 Å². The fourth-order valence-electron chi connectivity index (χ4n) is 0.999. The highest BCUT2D eigenvalue weighted by Crippen LogP contribution is 2.29. The summed E-state index contributed by atoms with van der Waals surface area (Å²) in [7, 11) is 1.62. The van der Waals surface area contributed by atoms with Crippen LogP contribution in [0.1, 0.15) is 11.7 Å². The van der Waals surface area contributed by atoms with E-state index in [0.29, 0.717) is 0 Å². The molecule has 2 rings (SSSR count). The maximum absolute atomic E-state index is 11.1. The van der Waals surface area contributed by atoms with Crippen molar-refractivity contribution in [2.24, 2.45) is 0 Å². The minimum atomic E-state index is -0.341. The topological polar surface area (TPSA) is 29.5 Å². The van der Waals surface area contributed by atoms with Crippen molar-refractivity contribution in [3.05, 3.63) is 22.4 Å². The minimum absolute atomic E-state index is 0.0309. The molecule has 1 amide bonds. The van der Waals surface area contributed by atoms with Crippen molar-refractivity contribution in [2.45, 2.75) is 6.10 Å².